The molecule has 3 heteroatoms. The van der Waals surface area contributed by atoms with Gasteiger partial charge in [-0.2, -0.15) is 0 Å². The van der Waals surface area contributed by atoms with Gasteiger partial charge >= 0.3 is 0 Å². The van der Waals surface area contributed by atoms with E-state index >= 15 is 0 Å². The van der Waals surface area contributed by atoms with Crippen LogP contribution in [-0.4, -0.2) is 4.98 Å². The second-order valence-electron chi connectivity index (χ2n) is 5.64. The average Bonchev–Trinajstić information content (AvgIpc) is 2.96. The van der Waals surface area contributed by atoms with E-state index in [0.29, 0.717) is 5.92 Å². The Labute approximate surface area is 114 Å². The van der Waals surface area contributed by atoms with Gasteiger partial charge in [0, 0.05) is 17.0 Å². The molecule has 0 bridgehead atoms. The fourth-order valence-corrected chi connectivity index (χ4v) is 3.21. The predicted molar refractivity (Wildman–Crippen MR) is 80.2 cm³/mol. The number of nitrogens with zero attached hydrogens (tertiary/aromatic N) is 1. The highest BCUT2D eigenvalue weighted by Gasteiger charge is 2.20. The van der Waals surface area contributed by atoms with Gasteiger partial charge in [0.05, 0.1) is 11.2 Å². The van der Waals surface area contributed by atoms with E-state index in [9.17, 15) is 0 Å². The van der Waals surface area contributed by atoms with Crippen molar-refractivity contribution in [1.29, 1.82) is 0 Å². The molecule has 3 rings (SSSR count). The number of aryl methyl sites for hydroxylation is 2. The van der Waals surface area contributed by atoms with Crippen LogP contribution in [0.15, 0.2) is 18.2 Å². The molecule has 2 aromatic rings. The van der Waals surface area contributed by atoms with Gasteiger partial charge in [-0.3, -0.25) is 10.8 Å². The van der Waals surface area contributed by atoms with Crippen LogP contribution in [0.25, 0.3) is 10.9 Å². The van der Waals surface area contributed by atoms with E-state index in [4.69, 9.17) is 10.8 Å². The average molecular weight is 255 g/mol. The summed E-state index contributed by atoms with van der Waals surface area (Å²) < 4.78 is 0. The largest absolute Gasteiger partial charge is 0.323 e. The third-order valence-electron chi connectivity index (χ3n) is 4.32. The molecule has 0 atom stereocenters. The molecule has 0 amide bonds. The highest BCUT2D eigenvalue weighted by atomic mass is 15.2. The van der Waals surface area contributed by atoms with E-state index in [1.165, 1.54) is 42.5 Å². The summed E-state index contributed by atoms with van der Waals surface area (Å²) in [7, 11) is 0. The van der Waals surface area contributed by atoms with Crippen LogP contribution in [0.3, 0.4) is 0 Å². The number of hydrazine groups is 1. The third kappa shape index (κ3) is 2.08. The standard InChI is InChI=1S/C16H21N3/c1-10-7-8-11(2)16-15(10)14(19-17)9-13(18-16)12-5-3-4-6-12/h7-9,12H,3-6,17H2,1-2H3,(H,18,19). The van der Waals surface area contributed by atoms with Gasteiger partial charge in [-0.1, -0.05) is 25.0 Å². The zero-order valence-electron chi connectivity index (χ0n) is 11.7. The van der Waals surface area contributed by atoms with Crippen LogP contribution >= 0.6 is 0 Å². The van der Waals surface area contributed by atoms with Crippen molar-refractivity contribution in [2.75, 3.05) is 5.43 Å². The first-order chi connectivity index (χ1) is 9.20. The second kappa shape index (κ2) is 4.82. The number of aromatic nitrogens is 1. The summed E-state index contributed by atoms with van der Waals surface area (Å²) in [6, 6.07) is 6.42. The van der Waals surface area contributed by atoms with Crippen molar-refractivity contribution in [3.63, 3.8) is 0 Å². The Hall–Kier alpha value is -1.61. The van der Waals surface area contributed by atoms with Crippen LogP contribution in [0, 0.1) is 13.8 Å². The Morgan fingerprint density at radius 2 is 1.84 bits per heavy atom. The molecule has 1 heterocycles. The molecule has 1 aliphatic rings. The number of rotatable bonds is 2. The number of fused-ring (bicyclic) bond motifs is 1. The van der Waals surface area contributed by atoms with Crippen LogP contribution < -0.4 is 11.3 Å². The highest BCUT2D eigenvalue weighted by Crippen LogP contribution is 2.37. The Morgan fingerprint density at radius 1 is 1.16 bits per heavy atom. The number of nitrogens with two attached hydrogens (primary N) is 1. The maximum absolute atomic E-state index is 5.72. The van der Waals surface area contributed by atoms with Crippen LogP contribution in [0.1, 0.15) is 48.4 Å². The van der Waals surface area contributed by atoms with Gasteiger partial charge in [0.2, 0.25) is 0 Å². The monoisotopic (exact) mass is 255 g/mol. The van der Waals surface area contributed by atoms with Crippen molar-refractivity contribution in [3.05, 3.63) is 35.0 Å². The van der Waals surface area contributed by atoms with Gasteiger partial charge in [-0.15, -0.1) is 0 Å². The maximum atomic E-state index is 5.72. The van der Waals surface area contributed by atoms with Gasteiger partial charge in [-0.25, -0.2) is 0 Å². The van der Waals surface area contributed by atoms with E-state index in [1.807, 2.05) is 0 Å². The molecule has 1 aromatic carbocycles. The number of benzene rings is 1. The van der Waals surface area contributed by atoms with Gasteiger partial charge < -0.3 is 5.43 Å². The van der Waals surface area contributed by atoms with Crippen molar-refractivity contribution in [2.24, 2.45) is 5.84 Å². The molecule has 1 saturated carbocycles. The Kier molecular flexibility index (Phi) is 3.15. The molecule has 19 heavy (non-hydrogen) atoms. The molecule has 1 aliphatic carbocycles. The molecule has 0 radical (unpaired) electrons. The lowest BCUT2D eigenvalue weighted by Gasteiger charge is -2.15. The summed E-state index contributed by atoms with van der Waals surface area (Å²) in [5.74, 6) is 6.33. The van der Waals surface area contributed by atoms with Crippen molar-refractivity contribution in [2.45, 2.75) is 45.4 Å². The molecule has 1 fully saturated rings. The lowest BCUT2D eigenvalue weighted by molar-refractivity contribution is 0.701. The first-order valence-electron chi connectivity index (χ1n) is 7.08. The van der Waals surface area contributed by atoms with E-state index in [1.54, 1.807) is 0 Å². The minimum atomic E-state index is 0.608. The highest BCUT2D eigenvalue weighted by molar-refractivity contribution is 5.95. The molecule has 100 valence electrons. The molecule has 0 unspecified atom stereocenters. The summed E-state index contributed by atoms with van der Waals surface area (Å²) >= 11 is 0. The molecule has 0 saturated heterocycles. The minimum Gasteiger partial charge on any atom is -0.323 e. The molecule has 3 nitrogen and oxygen atoms in total. The number of anilines is 1. The zero-order chi connectivity index (χ0) is 13.4. The summed E-state index contributed by atoms with van der Waals surface area (Å²) in [4.78, 5) is 4.93. The fraction of sp³-hybridized carbons (Fsp3) is 0.438. The topological polar surface area (TPSA) is 50.9 Å². The van der Waals surface area contributed by atoms with Crippen molar-refractivity contribution >= 4 is 16.6 Å². The lowest BCUT2D eigenvalue weighted by Crippen LogP contribution is -2.10. The molecule has 1 aromatic heterocycles. The SMILES string of the molecule is Cc1ccc(C)c2c(NN)cc(C3CCCC3)nc12. The normalized spacial score (nSPS) is 16.2. The molecule has 3 N–H and O–H groups in total. The van der Waals surface area contributed by atoms with Crippen LogP contribution in [-0.2, 0) is 0 Å². The number of pyridine rings is 1. The summed E-state index contributed by atoms with van der Waals surface area (Å²) in [6.07, 6.45) is 5.16. The Balaban J connectivity index is 2.24. The number of hydrogen-bond donors (Lipinski definition) is 2. The number of nitrogen functional groups attached to an aromatic ring is 1. The first kappa shape index (κ1) is 12.4. The summed E-state index contributed by atoms with van der Waals surface area (Å²) in [5.41, 5.74) is 8.61. The van der Waals surface area contributed by atoms with E-state index in [2.05, 4.69) is 37.5 Å². The minimum absolute atomic E-state index is 0.608. The lowest BCUT2D eigenvalue weighted by atomic mass is 9.98. The summed E-state index contributed by atoms with van der Waals surface area (Å²) in [6.45, 7) is 4.23. The first-order valence-corrected chi connectivity index (χ1v) is 7.08. The maximum Gasteiger partial charge on any atom is 0.0758 e. The van der Waals surface area contributed by atoms with E-state index < -0.39 is 0 Å². The number of nitrogens with one attached hydrogen (secondary N) is 1. The van der Waals surface area contributed by atoms with Crippen molar-refractivity contribution in [1.82, 2.24) is 4.98 Å². The smallest absolute Gasteiger partial charge is 0.0758 e. The zero-order valence-corrected chi connectivity index (χ0v) is 11.7. The molecular weight excluding hydrogens is 234 g/mol. The molecular formula is C16H21N3. The molecule has 0 aliphatic heterocycles. The fourth-order valence-electron chi connectivity index (χ4n) is 3.21. The van der Waals surface area contributed by atoms with E-state index in [0.717, 1.165) is 16.6 Å². The van der Waals surface area contributed by atoms with Crippen LogP contribution in [0.5, 0.6) is 0 Å². The van der Waals surface area contributed by atoms with Crippen molar-refractivity contribution < 1.29 is 0 Å². The second-order valence-corrected chi connectivity index (χ2v) is 5.64. The summed E-state index contributed by atoms with van der Waals surface area (Å²) in [5, 5.41) is 1.16. The van der Waals surface area contributed by atoms with Gasteiger partial charge in [0.25, 0.3) is 0 Å². The predicted octanol–water partition coefficient (Wildman–Crippen LogP) is 3.79. The van der Waals surface area contributed by atoms with Crippen molar-refractivity contribution in [3.8, 4) is 0 Å². The quantitative estimate of drug-likeness (QED) is 0.634. The van der Waals surface area contributed by atoms with Crippen LogP contribution in [0.2, 0.25) is 0 Å². The van der Waals surface area contributed by atoms with Gasteiger partial charge in [-0.05, 0) is 43.9 Å². The Morgan fingerprint density at radius 3 is 2.53 bits per heavy atom. The van der Waals surface area contributed by atoms with E-state index in [-0.39, 0.29) is 0 Å². The number of hydrogen-bond acceptors (Lipinski definition) is 3. The molecule has 0 spiro atoms. The van der Waals surface area contributed by atoms with Gasteiger partial charge in [0.1, 0.15) is 0 Å². The Bertz CT molecular complexity index is 613. The third-order valence-corrected chi connectivity index (χ3v) is 4.32. The van der Waals surface area contributed by atoms with Crippen LogP contribution in [0.4, 0.5) is 5.69 Å². The van der Waals surface area contributed by atoms with Gasteiger partial charge in [0.15, 0.2) is 0 Å².